The Hall–Kier alpha value is -3.00. The zero-order valence-electron chi connectivity index (χ0n) is 15.8. The number of non-ortho nitro benzene ring substituents is 1. The number of rotatable bonds is 8. The summed E-state index contributed by atoms with van der Waals surface area (Å²) in [6, 6.07) is 8.59. The van der Waals surface area contributed by atoms with Crippen LogP contribution in [0.25, 0.3) is 11.3 Å². The minimum absolute atomic E-state index is 0.0820. The summed E-state index contributed by atoms with van der Waals surface area (Å²) in [6.45, 7) is 6.52. The average molecular weight is 368 g/mol. The van der Waals surface area contributed by atoms with E-state index in [-0.39, 0.29) is 5.69 Å². The molecule has 27 heavy (non-hydrogen) atoms. The normalized spacial score (nSPS) is 11.1. The molecule has 3 rings (SSSR count). The van der Waals surface area contributed by atoms with Gasteiger partial charge in [-0.1, -0.05) is 0 Å². The Balaban J connectivity index is 1.57. The largest absolute Gasteiger partial charge is 0.312 e. The van der Waals surface area contributed by atoms with Crippen molar-refractivity contribution < 1.29 is 4.92 Å². The molecule has 1 N–H and O–H groups in total. The molecule has 142 valence electrons. The van der Waals surface area contributed by atoms with Crippen molar-refractivity contribution in [3.05, 3.63) is 63.6 Å². The summed E-state index contributed by atoms with van der Waals surface area (Å²) in [4.78, 5) is 10.4. The van der Waals surface area contributed by atoms with Gasteiger partial charge in [0.15, 0.2) is 0 Å². The lowest BCUT2D eigenvalue weighted by Crippen LogP contribution is -2.17. The Bertz CT molecular complexity index is 926. The first-order valence-electron chi connectivity index (χ1n) is 8.93. The molecule has 0 amide bonds. The highest BCUT2D eigenvalue weighted by molar-refractivity contribution is 5.64. The van der Waals surface area contributed by atoms with Gasteiger partial charge in [-0.05, 0) is 45.0 Å². The van der Waals surface area contributed by atoms with Crippen molar-refractivity contribution in [1.82, 2.24) is 24.9 Å². The monoisotopic (exact) mass is 368 g/mol. The SMILES string of the molecule is Cc1cc(C)n(CCCNCc2cn(C)nc2-c2ccc([N+](=O)[O-])cc2)n1. The van der Waals surface area contributed by atoms with Crippen LogP contribution in [0.4, 0.5) is 5.69 Å². The van der Waals surface area contributed by atoms with Crippen LogP contribution in [0.2, 0.25) is 0 Å². The molecule has 0 bridgehead atoms. The van der Waals surface area contributed by atoms with Gasteiger partial charge < -0.3 is 5.32 Å². The topological polar surface area (TPSA) is 90.8 Å². The number of nitrogens with one attached hydrogen (secondary N) is 1. The highest BCUT2D eigenvalue weighted by atomic mass is 16.6. The van der Waals surface area contributed by atoms with Crippen LogP contribution >= 0.6 is 0 Å². The molecule has 0 saturated carbocycles. The van der Waals surface area contributed by atoms with Gasteiger partial charge in [-0.15, -0.1) is 0 Å². The minimum atomic E-state index is -0.395. The van der Waals surface area contributed by atoms with E-state index in [1.165, 1.54) is 17.8 Å². The quantitative estimate of drug-likeness (QED) is 0.375. The maximum atomic E-state index is 10.8. The molecule has 1 aromatic carbocycles. The number of benzene rings is 1. The third kappa shape index (κ3) is 4.59. The third-order valence-corrected chi connectivity index (χ3v) is 4.40. The van der Waals surface area contributed by atoms with Crippen molar-refractivity contribution in [3.8, 4) is 11.3 Å². The van der Waals surface area contributed by atoms with Crippen molar-refractivity contribution in [1.29, 1.82) is 0 Å². The van der Waals surface area contributed by atoms with Crippen molar-refractivity contribution in [2.75, 3.05) is 6.54 Å². The molecule has 8 nitrogen and oxygen atoms in total. The average Bonchev–Trinajstić information content (AvgIpc) is 3.16. The predicted octanol–water partition coefficient (Wildman–Crippen LogP) is 2.99. The minimum Gasteiger partial charge on any atom is -0.312 e. The molecule has 0 spiro atoms. The van der Waals surface area contributed by atoms with Crippen molar-refractivity contribution in [2.24, 2.45) is 7.05 Å². The van der Waals surface area contributed by atoms with E-state index in [9.17, 15) is 10.1 Å². The number of nitrogens with zero attached hydrogens (tertiary/aromatic N) is 5. The summed E-state index contributed by atoms with van der Waals surface area (Å²) in [5.41, 5.74) is 5.10. The number of aryl methyl sites for hydroxylation is 4. The first-order chi connectivity index (χ1) is 12.9. The first-order valence-corrected chi connectivity index (χ1v) is 8.93. The number of nitro groups is 1. The summed E-state index contributed by atoms with van der Waals surface area (Å²) >= 11 is 0. The zero-order valence-corrected chi connectivity index (χ0v) is 15.8. The predicted molar refractivity (Wildman–Crippen MR) is 103 cm³/mol. The van der Waals surface area contributed by atoms with Gasteiger partial charge in [-0.2, -0.15) is 10.2 Å². The Labute approximate surface area is 158 Å². The summed E-state index contributed by atoms with van der Waals surface area (Å²) in [5.74, 6) is 0. The lowest BCUT2D eigenvalue weighted by molar-refractivity contribution is -0.384. The molecule has 0 radical (unpaired) electrons. The van der Waals surface area contributed by atoms with E-state index in [2.05, 4.69) is 28.5 Å². The zero-order chi connectivity index (χ0) is 19.4. The molecule has 0 fully saturated rings. The molecule has 3 aromatic rings. The van der Waals surface area contributed by atoms with Crippen molar-refractivity contribution in [3.63, 3.8) is 0 Å². The van der Waals surface area contributed by atoms with Crippen LogP contribution in [-0.4, -0.2) is 31.0 Å². The highest BCUT2D eigenvalue weighted by Crippen LogP contribution is 2.24. The number of hydrogen-bond donors (Lipinski definition) is 1. The molecule has 0 saturated heterocycles. The van der Waals surface area contributed by atoms with Gasteiger partial charge in [0.1, 0.15) is 0 Å². The summed E-state index contributed by atoms with van der Waals surface area (Å²) in [6.07, 6.45) is 2.96. The van der Waals surface area contributed by atoms with Crippen molar-refractivity contribution in [2.45, 2.75) is 33.4 Å². The molecule has 2 aromatic heterocycles. The number of hydrogen-bond acceptors (Lipinski definition) is 5. The summed E-state index contributed by atoms with van der Waals surface area (Å²) in [5, 5.41) is 23.2. The maximum Gasteiger partial charge on any atom is 0.269 e. The number of nitro benzene ring substituents is 1. The summed E-state index contributed by atoms with van der Waals surface area (Å²) < 4.78 is 3.80. The van der Waals surface area contributed by atoms with Crippen LogP contribution < -0.4 is 5.32 Å². The van der Waals surface area contributed by atoms with Gasteiger partial charge in [0, 0.05) is 55.3 Å². The van der Waals surface area contributed by atoms with E-state index in [1.54, 1.807) is 16.8 Å². The van der Waals surface area contributed by atoms with E-state index < -0.39 is 4.92 Å². The molecular weight excluding hydrogens is 344 g/mol. The highest BCUT2D eigenvalue weighted by Gasteiger charge is 2.12. The first kappa shape index (κ1) is 18.8. The lowest BCUT2D eigenvalue weighted by Gasteiger charge is -2.07. The van der Waals surface area contributed by atoms with Crippen LogP contribution in [0.3, 0.4) is 0 Å². The van der Waals surface area contributed by atoms with Gasteiger partial charge in [-0.25, -0.2) is 0 Å². The molecule has 8 heteroatoms. The van der Waals surface area contributed by atoms with Gasteiger partial charge >= 0.3 is 0 Å². The second-order valence-electron chi connectivity index (χ2n) is 6.66. The van der Waals surface area contributed by atoms with Crippen LogP contribution in [0, 0.1) is 24.0 Å². The second kappa shape index (κ2) is 8.13. The van der Waals surface area contributed by atoms with E-state index in [0.29, 0.717) is 6.54 Å². The van der Waals surface area contributed by atoms with E-state index in [4.69, 9.17) is 0 Å². The maximum absolute atomic E-state index is 10.8. The fraction of sp³-hybridized carbons (Fsp3) is 0.368. The van der Waals surface area contributed by atoms with Crippen LogP contribution in [0.1, 0.15) is 23.4 Å². The summed E-state index contributed by atoms with van der Waals surface area (Å²) in [7, 11) is 1.88. The molecule has 0 aliphatic rings. The Kier molecular flexibility index (Phi) is 5.66. The number of aromatic nitrogens is 4. The smallest absolute Gasteiger partial charge is 0.269 e. The molecule has 0 unspecified atom stereocenters. The van der Waals surface area contributed by atoms with E-state index >= 15 is 0 Å². The standard InChI is InChI=1S/C19H24N6O2/c1-14-11-15(2)24(21-14)10-4-9-20-12-17-13-23(3)22-19(17)16-5-7-18(8-6-16)25(26)27/h5-8,11,13,20H,4,9-10,12H2,1-3H3. The third-order valence-electron chi connectivity index (χ3n) is 4.40. The second-order valence-corrected chi connectivity index (χ2v) is 6.66. The van der Waals surface area contributed by atoms with Crippen LogP contribution in [0.5, 0.6) is 0 Å². The Morgan fingerprint density at radius 3 is 2.56 bits per heavy atom. The Morgan fingerprint density at radius 2 is 1.93 bits per heavy atom. The molecule has 2 heterocycles. The van der Waals surface area contributed by atoms with Gasteiger partial charge in [-0.3, -0.25) is 19.5 Å². The van der Waals surface area contributed by atoms with Crippen molar-refractivity contribution >= 4 is 5.69 Å². The van der Waals surface area contributed by atoms with Crippen LogP contribution in [-0.2, 0) is 20.1 Å². The fourth-order valence-electron chi connectivity index (χ4n) is 3.13. The van der Waals surface area contributed by atoms with E-state index in [1.807, 2.05) is 24.9 Å². The Morgan fingerprint density at radius 1 is 1.19 bits per heavy atom. The molecule has 0 aliphatic heterocycles. The van der Waals surface area contributed by atoms with Gasteiger partial charge in [0.2, 0.25) is 0 Å². The molecule has 0 aliphatic carbocycles. The lowest BCUT2D eigenvalue weighted by atomic mass is 10.1. The van der Waals surface area contributed by atoms with Gasteiger partial charge in [0.25, 0.3) is 5.69 Å². The van der Waals surface area contributed by atoms with Gasteiger partial charge in [0.05, 0.1) is 16.3 Å². The molecule has 0 atom stereocenters. The van der Waals surface area contributed by atoms with E-state index in [0.717, 1.165) is 42.0 Å². The molecular formula is C19H24N6O2. The van der Waals surface area contributed by atoms with Crippen LogP contribution in [0.15, 0.2) is 36.5 Å². The fourth-order valence-corrected chi connectivity index (χ4v) is 3.13.